The van der Waals surface area contributed by atoms with Crippen molar-refractivity contribution in [3.05, 3.63) is 22.4 Å². The molecule has 2 rings (SSSR count). The summed E-state index contributed by atoms with van der Waals surface area (Å²) >= 11 is 8.40. The van der Waals surface area contributed by atoms with E-state index in [-0.39, 0.29) is 20.4 Å². The maximum atomic E-state index is 13.1. The van der Waals surface area contributed by atoms with Crippen molar-refractivity contribution in [3.8, 4) is 0 Å². The third-order valence-corrected chi connectivity index (χ3v) is 4.14. The maximum absolute atomic E-state index is 13.1. The molecule has 1 aromatic carbocycles. The van der Waals surface area contributed by atoms with Crippen molar-refractivity contribution in [2.24, 2.45) is 4.40 Å². The number of nitrogens with one attached hydrogen (secondary N) is 1. The lowest BCUT2D eigenvalue weighted by atomic mass is 10.3. The fourth-order valence-corrected chi connectivity index (χ4v) is 3.09. The molecule has 1 aliphatic heterocycles. The van der Waals surface area contributed by atoms with Crippen LogP contribution in [-0.2, 0) is 10.0 Å². The Kier molecular flexibility index (Phi) is 2.48. The summed E-state index contributed by atoms with van der Waals surface area (Å²) < 4.78 is 39.3. The number of rotatable bonds is 0. The number of nitrogens with zero attached hydrogens (tertiary/aromatic N) is 1. The van der Waals surface area contributed by atoms with Gasteiger partial charge in [0.25, 0.3) is 10.0 Å². The van der Waals surface area contributed by atoms with Crippen molar-refractivity contribution in [2.75, 3.05) is 5.32 Å². The quantitative estimate of drug-likeness (QED) is 0.748. The number of halogens is 3. The molecular weight excluding hydrogens is 311 g/mol. The average Bonchev–Trinajstić information content (AvgIpc) is 2.10. The highest BCUT2D eigenvalue weighted by Crippen LogP contribution is 2.35. The first kappa shape index (κ1) is 10.8. The summed E-state index contributed by atoms with van der Waals surface area (Å²) in [6.45, 7) is 0. The summed E-state index contributed by atoms with van der Waals surface area (Å²) in [4.78, 5) is -0.111. The van der Waals surface area contributed by atoms with E-state index in [2.05, 4.69) is 25.6 Å². The highest BCUT2D eigenvalue weighted by Gasteiger charge is 2.27. The molecule has 0 saturated heterocycles. The number of fused-ring (bicyclic) bond motifs is 1. The zero-order valence-corrected chi connectivity index (χ0v) is 10.1. The SMILES string of the molecule is O=S1(=O)N=C(Cl)Nc2c1ccc(F)c2Br. The van der Waals surface area contributed by atoms with Gasteiger partial charge >= 0.3 is 0 Å². The minimum atomic E-state index is -3.83. The molecule has 0 saturated carbocycles. The van der Waals surface area contributed by atoms with Crippen LogP contribution in [0.2, 0.25) is 0 Å². The highest BCUT2D eigenvalue weighted by atomic mass is 79.9. The molecule has 0 fully saturated rings. The van der Waals surface area contributed by atoms with Crippen LogP contribution >= 0.6 is 27.5 Å². The predicted molar refractivity (Wildman–Crippen MR) is 58.2 cm³/mol. The van der Waals surface area contributed by atoms with E-state index in [0.29, 0.717) is 0 Å². The van der Waals surface area contributed by atoms with Crippen molar-refractivity contribution in [1.29, 1.82) is 0 Å². The van der Waals surface area contributed by atoms with E-state index in [0.717, 1.165) is 12.1 Å². The van der Waals surface area contributed by atoms with Crippen molar-refractivity contribution in [3.63, 3.8) is 0 Å². The molecule has 0 aliphatic carbocycles. The topological polar surface area (TPSA) is 58.5 Å². The first-order valence-electron chi connectivity index (χ1n) is 3.67. The molecule has 1 heterocycles. The maximum Gasteiger partial charge on any atom is 0.287 e. The first-order valence-corrected chi connectivity index (χ1v) is 6.28. The first-order chi connectivity index (χ1) is 6.92. The van der Waals surface area contributed by atoms with Crippen molar-refractivity contribution < 1.29 is 12.8 Å². The number of amidine groups is 1. The van der Waals surface area contributed by atoms with Gasteiger partial charge in [0.1, 0.15) is 10.7 Å². The van der Waals surface area contributed by atoms with Crippen LogP contribution in [0, 0.1) is 5.82 Å². The van der Waals surface area contributed by atoms with Gasteiger partial charge in [0.15, 0.2) is 0 Å². The van der Waals surface area contributed by atoms with Gasteiger partial charge in [0.05, 0.1) is 10.2 Å². The van der Waals surface area contributed by atoms with E-state index in [4.69, 9.17) is 11.6 Å². The number of hydrogen-bond donors (Lipinski definition) is 1. The monoisotopic (exact) mass is 312 g/mol. The van der Waals surface area contributed by atoms with Gasteiger partial charge < -0.3 is 5.32 Å². The van der Waals surface area contributed by atoms with E-state index < -0.39 is 15.8 Å². The summed E-state index contributed by atoms with van der Waals surface area (Å²) in [7, 11) is -3.83. The average molecular weight is 314 g/mol. The minimum absolute atomic E-state index is 0.0108. The van der Waals surface area contributed by atoms with Gasteiger partial charge in [0.2, 0.25) is 5.29 Å². The van der Waals surface area contributed by atoms with Crippen LogP contribution in [0.3, 0.4) is 0 Å². The van der Waals surface area contributed by atoms with Gasteiger partial charge in [-0.15, -0.1) is 4.40 Å². The standard InChI is InChI=1S/C7H3BrClFN2O2S/c8-5-3(10)1-2-4-6(5)11-7(9)12-15(4,13)14/h1-2H,(H,11,12). The fraction of sp³-hybridized carbons (Fsp3) is 0. The molecule has 4 nitrogen and oxygen atoms in total. The Morgan fingerprint density at radius 1 is 1.47 bits per heavy atom. The van der Waals surface area contributed by atoms with Gasteiger partial charge in [-0.1, -0.05) is 0 Å². The van der Waals surface area contributed by atoms with Gasteiger partial charge in [0, 0.05) is 0 Å². The van der Waals surface area contributed by atoms with Gasteiger partial charge in [-0.25, -0.2) is 4.39 Å². The van der Waals surface area contributed by atoms with Crippen LogP contribution < -0.4 is 5.32 Å². The second-order valence-corrected chi connectivity index (χ2v) is 5.44. The van der Waals surface area contributed by atoms with Crippen LogP contribution in [0.1, 0.15) is 0 Å². The molecular formula is C7H3BrClFN2O2S. The molecule has 1 aliphatic rings. The lowest BCUT2D eigenvalue weighted by Gasteiger charge is -2.16. The van der Waals surface area contributed by atoms with Crippen LogP contribution in [0.25, 0.3) is 0 Å². The molecule has 0 atom stereocenters. The molecule has 0 bridgehead atoms. The Morgan fingerprint density at radius 2 is 2.13 bits per heavy atom. The lowest BCUT2D eigenvalue weighted by molar-refractivity contribution is 0.596. The van der Waals surface area contributed by atoms with E-state index in [1.807, 2.05) is 0 Å². The zero-order chi connectivity index (χ0) is 11.2. The molecule has 0 amide bonds. The van der Waals surface area contributed by atoms with Crippen LogP contribution in [0.5, 0.6) is 0 Å². The summed E-state index contributed by atoms with van der Waals surface area (Å²) in [5, 5.41) is 2.16. The Hall–Kier alpha value is -0.660. The predicted octanol–water partition coefficient (Wildman–Crippen LogP) is 2.30. The lowest BCUT2D eigenvalue weighted by Crippen LogP contribution is -2.17. The highest BCUT2D eigenvalue weighted by molar-refractivity contribution is 9.10. The number of hydrogen-bond acceptors (Lipinski definition) is 3. The Labute approximate surface area is 98.3 Å². The summed E-state index contributed by atoms with van der Waals surface area (Å²) in [6, 6.07) is 2.17. The largest absolute Gasteiger partial charge is 0.328 e. The fourth-order valence-electron chi connectivity index (χ4n) is 1.15. The molecule has 8 heteroatoms. The van der Waals surface area contributed by atoms with E-state index in [1.54, 1.807) is 0 Å². The zero-order valence-electron chi connectivity index (χ0n) is 6.96. The van der Waals surface area contributed by atoms with Crippen molar-refractivity contribution in [2.45, 2.75) is 4.90 Å². The Morgan fingerprint density at radius 3 is 2.80 bits per heavy atom. The van der Waals surface area contributed by atoms with Crippen molar-refractivity contribution >= 4 is 48.5 Å². The van der Waals surface area contributed by atoms with E-state index in [1.165, 1.54) is 0 Å². The molecule has 0 spiro atoms. The van der Waals surface area contributed by atoms with E-state index in [9.17, 15) is 12.8 Å². The van der Waals surface area contributed by atoms with Gasteiger partial charge in [-0.05, 0) is 39.7 Å². The molecule has 80 valence electrons. The number of anilines is 1. The number of sulfonamides is 1. The summed E-state index contributed by atoms with van der Waals surface area (Å²) in [5.41, 5.74) is 0.0648. The molecule has 0 aromatic heterocycles. The van der Waals surface area contributed by atoms with Crippen LogP contribution in [-0.4, -0.2) is 13.7 Å². The summed E-state index contributed by atoms with van der Waals surface area (Å²) in [5.74, 6) is -0.581. The van der Waals surface area contributed by atoms with Crippen molar-refractivity contribution in [1.82, 2.24) is 0 Å². The minimum Gasteiger partial charge on any atom is -0.328 e. The molecule has 1 N–H and O–H groups in total. The molecule has 0 unspecified atom stereocenters. The van der Waals surface area contributed by atoms with Gasteiger partial charge in [-0.3, -0.25) is 0 Å². The molecule has 15 heavy (non-hydrogen) atoms. The third-order valence-electron chi connectivity index (χ3n) is 1.76. The Balaban J connectivity index is 2.80. The third kappa shape index (κ3) is 1.75. The molecule has 1 aromatic rings. The summed E-state index contributed by atoms with van der Waals surface area (Å²) in [6.07, 6.45) is 0. The second-order valence-electron chi connectivity index (χ2n) is 2.72. The van der Waals surface area contributed by atoms with Gasteiger partial charge in [-0.2, -0.15) is 8.42 Å². The Bertz CT molecular complexity index is 573. The smallest absolute Gasteiger partial charge is 0.287 e. The second kappa shape index (κ2) is 3.43. The molecule has 0 radical (unpaired) electrons. The van der Waals surface area contributed by atoms with Crippen LogP contribution in [0.4, 0.5) is 10.1 Å². The van der Waals surface area contributed by atoms with E-state index >= 15 is 0 Å². The normalized spacial score (nSPS) is 17.7. The number of benzene rings is 1. The van der Waals surface area contributed by atoms with Crippen LogP contribution in [0.15, 0.2) is 25.9 Å².